The number of hydrogen-bond donors (Lipinski definition) is 0. The highest BCUT2D eigenvalue weighted by atomic mass is 16.6. The number of nitrogens with zero attached hydrogens (tertiary/aromatic N) is 1. The van der Waals surface area contributed by atoms with Gasteiger partial charge in [0.05, 0.1) is 11.6 Å². The monoisotopic (exact) mass is 385 g/mol. The van der Waals surface area contributed by atoms with E-state index in [-0.39, 0.29) is 5.56 Å². The van der Waals surface area contributed by atoms with Gasteiger partial charge in [-0.1, -0.05) is 60.7 Å². The quantitative estimate of drug-likeness (QED) is 0.524. The molecule has 0 amide bonds. The van der Waals surface area contributed by atoms with E-state index >= 15 is 0 Å². The van der Waals surface area contributed by atoms with Crippen molar-refractivity contribution in [3.05, 3.63) is 89.5 Å². The Balaban J connectivity index is 2.12. The van der Waals surface area contributed by atoms with E-state index in [0.717, 1.165) is 11.1 Å². The number of esters is 1. The second-order valence-corrected chi connectivity index (χ2v) is 7.62. The number of hydrogen-bond acceptors (Lipinski definition) is 4. The molecule has 29 heavy (non-hydrogen) atoms. The zero-order valence-corrected chi connectivity index (χ0v) is 16.8. The lowest BCUT2D eigenvalue weighted by Crippen LogP contribution is -2.25. The van der Waals surface area contributed by atoms with Gasteiger partial charge >= 0.3 is 5.97 Å². The molecule has 3 aromatic carbocycles. The van der Waals surface area contributed by atoms with Crippen molar-refractivity contribution in [3.63, 3.8) is 0 Å². The standard InChI is InChI=1S/C25H23NO3/c1-25(2,3)29-24(27)23-21(28-17-18-10-6-4-7-11-18)15-14-20(16-26)22(23)19-12-8-5-9-13-19/h4-15H,17H2,1-3H3. The van der Waals surface area contributed by atoms with E-state index < -0.39 is 11.6 Å². The second kappa shape index (κ2) is 8.62. The number of rotatable bonds is 5. The molecule has 0 aliphatic heterocycles. The molecule has 0 atom stereocenters. The fourth-order valence-electron chi connectivity index (χ4n) is 2.97. The third kappa shape index (κ3) is 5.03. The first kappa shape index (κ1) is 20.2. The van der Waals surface area contributed by atoms with E-state index in [0.29, 0.717) is 23.5 Å². The van der Waals surface area contributed by atoms with Gasteiger partial charge in [-0.05, 0) is 44.0 Å². The Hall–Kier alpha value is -3.58. The van der Waals surface area contributed by atoms with E-state index in [2.05, 4.69) is 6.07 Å². The van der Waals surface area contributed by atoms with E-state index in [1.165, 1.54) is 0 Å². The molecule has 146 valence electrons. The van der Waals surface area contributed by atoms with Crippen molar-refractivity contribution in [1.82, 2.24) is 0 Å². The fourth-order valence-corrected chi connectivity index (χ4v) is 2.97. The highest BCUT2D eigenvalue weighted by Crippen LogP contribution is 2.35. The molecule has 3 rings (SSSR count). The largest absolute Gasteiger partial charge is 0.488 e. The summed E-state index contributed by atoms with van der Waals surface area (Å²) in [5, 5.41) is 9.67. The van der Waals surface area contributed by atoms with Crippen molar-refractivity contribution in [2.24, 2.45) is 0 Å². The molecule has 0 aliphatic rings. The van der Waals surface area contributed by atoms with Crippen LogP contribution in [-0.2, 0) is 11.3 Å². The van der Waals surface area contributed by atoms with Gasteiger partial charge in [-0.3, -0.25) is 0 Å². The average Bonchev–Trinajstić information content (AvgIpc) is 2.71. The van der Waals surface area contributed by atoms with Crippen molar-refractivity contribution < 1.29 is 14.3 Å². The Labute approximate surface area is 171 Å². The molecule has 0 fully saturated rings. The SMILES string of the molecule is CC(C)(C)OC(=O)c1c(OCc2ccccc2)ccc(C#N)c1-c1ccccc1. The molecule has 0 saturated carbocycles. The van der Waals surface area contributed by atoms with Crippen molar-refractivity contribution in [1.29, 1.82) is 5.26 Å². The van der Waals surface area contributed by atoms with Gasteiger partial charge in [0.2, 0.25) is 0 Å². The molecule has 0 N–H and O–H groups in total. The summed E-state index contributed by atoms with van der Waals surface area (Å²) < 4.78 is 11.7. The molecule has 0 saturated heterocycles. The molecule has 3 aromatic rings. The van der Waals surface area contributed by atoms with Crippen LogP contribution < -0.4 is 4.74 Å². The van der Waals surface area contributed by atoms with E-state index in [9.17, 15) is 10.1 Å². The van der Waals surface area contributed by atoms with Crippen molar-refractivity contribution >= 4 is 5.97 Å². The van der Waals surface area contributed by atoms with Gasteiger partial charge in [0, 0.05) is 5.56 Å². The van der Waals surface area contributed by atoms with Crippen LogP contribution >= 0.6 is 0 Å². The number of carbonyl (C=O) groups excluding carboxylic acids is 1. The number of ether oxygens (including phenoxy) is 2. The maximum absolute atomic E-state index is 13.1. The first-order valence-corrected chi connectivity index (χ1v) is 9.41. The van der Waals surface area contributed by atoms with Gasteiger partial charge in [-0.2, -0.15) is 5.26 Å². The molecule has 0 unspecified atom stereocenters. The topological polar surface area (TPSA) is 59.3 Å². The molecule has 0 aromatic heterocycles. The summed E-state index contributed by atoms with van der Waals surface area (Å²) in [5.74, 6) is -0.127. The second-order valence-electron chi connectivity index (χ2n) is 7.62. The summed E-state index contributed by atoms with van der Waals surface area (Å²) in [6.07, 6.45) is 0. The van der Waals surface area contributed by atoms with Gasteiger partial charge < -0.3 is 9.47 Å². The molecule has 4 nitrogen and oxygen atoms in total. The summed E-state index contributed by atoms with van der Waals surface area (Å²) >= 11 is 0. The summed E-state index contributed by atoms with van der Waals surface area (Å²) in [6, 6.07) is 24.6. The lowest BCUT2D eigenvalue weighted by Gasteiger charge is -2.22. The Morgan fingerprint density at radius 3 is 2.14 bits per heavy atom. The zero-order valence-electron chi connectivity index (χ0n) is 16.8. The lowest BCUT2D eigenvalue weighted by atomic mass is 9.94. The molecule has 0 spiro atoms. The normalized spacial score (nSPS) is 10.8. The summed E-state index contributed by atoms with van der Waals surface area (Å²) in [4.78, 5) is 13.1. The van der Waals surface area contributed by atoms with Crippen LogP contribution in [0.5, 0.6) is 5.75 Å². The first-order chi connectivity index (χ1) is 13.9. The number of carbonyl (C=O) groups is 1. The molecule has 4 heteroatoms. The van der Waals surface area contributed by atoms with Crippen LogP contribution in [0, 0.1) is 11.3 Å². The lowest BCUT2D eigenvalue weighted by molar-refractivity contribution is 0.00664. The Kier molecular flexibility index (Phi) is 5.99. The van der Waals surface area contributed by atoms with E-state index in [1.54, 1.807) is 12.1 Å². The predicted molar refractivity (Wildman–Crippen MR) is 113 cm³/mol. The van der Waals surface area contributed by atoms with E-state index in [4.69, 9.17) is 9.47 Å². The summed E-state index contributed by atoms with van der Waals surface area (Å²) in [6.45, 7) is 5.74. The molecule has 0 heterocycles. The van der Waals surface area contributed by atoms with Crippen LogP contribution in [0.2, 0.25) is 0 Å². The van der Waals surface area contributed by atoms with Crippen LogP contribution in [0.4, 0.5) is 0 Å². The van der Waals surface area contributed by atoms with E-state index in [1.807, 2.05) is 81.4 Å². The number of benzene rings is 3. The van der Waals surface area contributed by atoms with Gasteiger partial charge in [0.1, 0.15) is 23.5 Å². The fraction of sp³-hybridized carbons (Fsp3) is 0.200. The van der Waals surface area contributed by atoms with Crippen molar-refractivity contribution in [2.45, 2.75) is 33.0 Å². The first-order valence-electron chi connectivity index (χ1n) is 9.41. The minimum absolute atomic E-state index is 0.265. The Morgan fingerprint density at radius 2 is 1.55 bits per heavy atom. The average molecular weight is 385 g/mol. The third-order valence-electron chi connectivity index (χ3n) is 4.19. The van der Waals surface area contributed by atoms with Crippen molar-refractivity contribution in [2.75, 3.05) is 0 Å². The van der Waals surface area contributed by atoms with Crippen LogP contribution in [0.3, 0.4) is 0 Å². The number of nitriles is 1. The Bertz CT molecular complexity index is 1030. The molecular formula is C25H23NO3. The predicted octanol–water partition coefficient (Wildman–Crippen LogP) is 5.76. The minimum Gasteiger partial charge on any atom is -0.488 e. The van der Waals surface area contributed by atoms with Gasteiger partial charge in [0.15, 0.2) is 0 Å². The summed E-state index contributed by atoms with van der Waals surface area (Å²) in [7, 11) is 0. The zero-order chi connectivity index (χ0) is 20.9. The Morgan fingerprint density at radius 1 is 0.931 bits per heavy atom. The van der Waals surface area contributed by atoms with Crippen LogP contribution in [-0.4, -0.2) is 11.6 Å². The highest BCUT2D eigenvalue weighted by Gasteiger charge is 2.27. The maximum Gasteiger partial charge on any atom is 0.343 e. The molecule has 0 aliphatic carbocycles. The highest BCUT2D eigenvalue weighted by molar-refractivity contribution is 6.02. The third-order valence-corrected chi connectivity index (χ3v) is 4.19. The smallest absolute Gasteiger partial charge is 0.343 e. The van der Waals surface area contributed by atoms with Gasteiger partial charge in [-0.25, -0.2) is 4.79 Å². The van der Waals surface area contributed by atoms with Crippen molar-refractivity contribution in [3.8, 4) is 22.9 Å². The summed E-state index contributed by atoms with van der Waals surface area (Å²) in [5.41, 5.74) is 2.24. The van der Waals surface area contributed by atoms with Crippen LogP contribution in [0.25, 0.3) is 11.1 Å². The van der Waals surface area contributed by atoms with Gasteiger partial charge in [-0.15, -0.1) is 0 Å². The van der Waals surface area contributed by atoms with Crippen LogP contribution in [0.1, 0.15) is 42.3 Å². The van der Waals surface area contributed by atoms with Crippen LogP contribution in [0.15, 0.2) is 72.8 Å². The molecular weight excluding hydrogens is 362 g/mol. The minimum atomic E-state index is -0.676. The molecule has 0 bridgehead atoms. The molecule has 0 radical (unpaired) electrons. The maximum atomic E-state index is 13.1. The van der Waals surface area contributed by atoms with Gasteiger partial charge in [0.25, 0.3) is 0 Å².